The zero-order chi connectivity index (χ0) is 10.9. The molecule has 2 atom stereocenters. The minimum absolute atomic E-state index is 0.374. The summed E-state index contributed by atoms with van der Waals surface area (Å²) in [6.45, 7) is 1.97. The highest BCUT2D eigenvalue weighted by atomic mass is 16.3. The second-order valence-corrected chi connectivity index (χ2v) is 4.78. The van der Waals surface area contributed by atoms with E-state index in [1.807, 2.05) is 37.3 Å². The molecule has 15 heavy (non-hydrogen) atoms. The monoisotopic (exact) mass is 206 g/mol. The highest BCUT2D eigenvalue weighted by Crippen LogP contribution is 2.40. The average Bonchev–Trinajstić information content (AvgIpc) is 2.48. The first-order chi connectivity index (χ1) is 7.13. The van der Waals surface area contributed by atoms with Crippen molar-refractivity contribution in [1.82, 2.24) is 0 Å². The van der Waals surface area contributed by atoms with Gasteiger partial charge in [-0.05, 0) is 24.8 Å². The second kappa shape index (κ2) is 3.95. The van der Waals surface area contributed by atoms with Crippen LogP contribution >= 0.6 is 0 Å². The average molecular weight is 206 g/mol. The summed E-state index contributed by atoms with van der Waals surface area (Å²) in [5.41, 5.74) is 0.807. The van der Waals surface area contributed by atoms with Gasteiger partial charge in [0.15, 0.2) is 0 Å². The number of hydrogen-bond donors (Lipinski definition) is 2. The van der Waals surface area contributed by atoms with Crippen LogP contribution in [0.25, 0.3) is 0 Å². The van der Waals surface area contributed by atoms with Gasteiger partial charge in [-0.25, -0.2) is 0 Å². The Labute approximate surface area is 90.6 Å². The minimum atomic E-state index is -0.382. The van der Waals surface area contributed by atoms with Crippen LogP contribution in [0.3, 0.4) is 0 Å². The first kappa shape index (κ1) is 10.7. The standard InChI is InChI=1S/C13H18O2/c1-13(11(14)7-8-12(13)15)9-10-5-3-2-4-6-10/h2-6,11-12,14-15H,7-9H2,1H3/t11-,12-/m1/s1. The van der Waals surface area contributed by atoms with Crippen LogP contribution in [0.2, 0.25) is 0 Å². The molecule has 1 aromatic rings. The van der Waals surface area contributed by atoms with Crippen molar-refractivity contribution in [3.8, 4) is 0 Å². The zero-order valence-corrected chi connectivity index (χ0v) is 9.06. The Hall–Kier alpha value is -0.860. The summed E-state index contributed by atoms with van der Waals surface area (Å²) in [5.74, 6) is 0. The van der Waals surface area contributed by atoms with E-state index in [1.165, 1.54) is 5.56 Å². The van der Waals surface area contributed by atoms with Crippen LogP contribution in [-0.2, 0) is 6.42 Å². The Morgan fingerprint density at radius 1 is 1.13 bits per heavy atom. The van der Waals surface area contributed by atoms with Crippen molar-refractivity contribution in [3.05, 3.63) is 35.9 Å². The molecule has 0 heterocycles. The van der Waals surface area contributed by atoms with Crippen LogP contribution in [0, 0.1) is 5.41 Å². The summed E-state index contributed by atoms with van der Waals surface area (Å²) in [6, 6.07) is 10.1. The minimum Gasteiger partial charge on any atom is -0.392 e. The van der Waals surface area contributed by atoms with Gasteiger partial charge in [-0.2, -0.15) is 0 Å². The van der Waals surface area contributed by atoms with Crippen molar-refractivity contribution in [2.75, 3.05) is 0 Å². The fraction of sp³-hybridized carbons (Fsp3) is 0.538. The highest BCUT2D eigenvalue weighted by Gasteiger charge is 2.44. The van der Waals surface area contributed by atoms with Crippen molar-refractivity contribution < 1.29 is 10.2 Å². The first-order valence-electron chi connectivity index (χ1n) is 5.53. The van der Waals surface area contributed by atoms with Crippen LogP contribution in [0.5, 0.6) is 0 Å². The molecule has 0 saturated heterocycles. The summed E-state index contributed by atoms with van der Waals surface area (Å²) in [6.07, 6.45) is 1.41. The summed E-state index contributed by atoms with van der Waals surface area (Å²) in [5, 5.41) is 19.8. The van der Waals surface area contributed by atoms with Gasteiger partial charge in [0.25, 0.3) is 0 Å². The maximum absolute atomic E-state index is 9.92. The molecule has 82 valence electrons. The second-order valence-electron chi connectivity index (χ2n) is 4.78. The molecule has 0 unspecified atom stereocenters. The van der Waals surface area contributed by atoms with Crippen molar-refractivity contribution in [1.29, 1.82) is 0 Å². The van der Waals surface area contributed by atoms with Gasteiger partial charge in [0.1, 0.15) is 0 Å². The van der Waals surface area contributed by atoms with E-state index in [4.69, 9.17) is 0 Å². The predicted molar refractivity (Wildman–Crippen MR) is 59.5 cm³/mol. The molecule has 2 rings (SSSR count). The quantitative estimate of drug-likeness (QED) is 0.774. The van der Waals surface area contributed by atoms with E-state index in [1.54, 1.807) is 0 Å². The number of aliphatic hydroxyl groups is 2. The molecule has 0 aromatic heterocycles. The number of aliphatic hydroxyl groups excluding tert-OH is 2. The molecule has 0 amide bonds. The molecular weight excluding hydrogens is 188 g/mol. The van der Waals surface area contributed by atoms with Crippen molar-refractivity contribution >= 4 is 0 Å². The van der Waals surface area contributed by atoms with Crippen molar-refractivity contribution in [3.63, 3.8) is 0 Å². The maximum atomic E-state index is 9.92. The van der Waals surface area contributed by atoms with E-state index < -0.39 is 0 Å². The third kappa shape index (κ3) is 1.92. The zero-order valence-electron chi connectivity index (χ0n) is 9.06. The largest absolute Gasteiger partial charge is 0.392 e. The van der Waals surface area contributed by atoms with E-state index in [9.17, 15) is 10.2 Å². The van der Waals surface area contributed by atoms with Crippen molar-refractivity contribution in [2.45, 2.75) is 38.4 Å². The Morgan fingerprint density at radius 2 is 1.67 bits per heavy atom. The third-order valence-electron chi connectivity index (χ3n) is 3.66. The van der Waals surface area contributed by atoms with Crippen LogP contribution < -0.4 is 0 Å². The summed E-state index contributed by atoms with van der Waals surface area (Å²) in [7, 11) is 0. The Bertz CT molecular complexity index is 311. The van der Waals surface area contributed by atoms with Crippen LogP contribution in [0.4, 0.5) is 0 Å². The van der Waals surface area contributed by atoms with E-state index in [0.717, 1.165) is 6.42 Å². The normalized spacial score (nSPS) is 29.3. The first-order valence-corrected chi connectivity index (χ1v) is 5.53. The topological polar surface area (TPSA) is 40.5 Å². The van der Waals surface area contributed by atoms with Crippen LogP contribution in [0.1, 0.15) is 25.3 Å². The Kier molecular flexibility index (Phi) is 2.81. The molecule has 1 aliphatic carbocycles. The molecule has 1 aliphatic rings. The fourth-order valence-electron chi connectivity index (χ4n) is 2.47. The third-order valence-corrected chi connectivity index (χ3v) is 3.66. The highest BCUT2D eigenvalue weighted by molar-refractivity contribution is 5.18. The molecule has 2 nitrogen and oxygen atoms in total. The van der Waals surface area contributed by atoms with Gasteiger partial charge in [-0.15, -0.1) is 0 Å². The van der Waals surface area contributed by atoms with Gasteiger partial charge in [-0.1, -0.05) is 37.3 Å². The molecule has 2 N–H and O–H groups in total. The summed E-state index contributed by atoms with van der Waals surface area (Å²) >= 11 is 0. The SMILES string of the molecule is CC1(Cc2ccccc2)[C@H](O)CC[C@H]1O. The summed E-state index contributed by atoms with van der Waals surface area (Å²) in [4.78, 5) is 0. The van der Waals surface area contributed by atoms with E-state index >= 15 is 0 Å². The molecule has 2 heteroatoms. The van der Waals surface area contributed by atoms with E-state index in [-0.39, 0.29) is 17.6 Å². The van der Waals surface area contributed by atoms with Crippen LogP contribution in [-0.4, -0.2) is 22.4 Å². The van der Waals surface area contributed by atoms with Gasteiger partial charge >= 0.3 is 0 Å². The van der Waals surface area contributed by atoms with Gasteiger partial charge in [0.05, 0.1) is 12.2 Å². The maximum Gasteiger partial charge on any atom is 0.0622 e. The van der Waals surface area contributed by atoms with Gasteiger partial charge in [-0.3, -0.25) is 0 Å². The fourth-order valence-corrected chi connectivity index (χ4v) is 2.47. The van der Waals surface area contributed by atoms with E-state index in [2.05, 4.69) is 0 Å². The number of hydrogen-bond acceptors (Lipinski definition) is 2. The molecule has 0 aliphatic heterocycles. The lowest BCUT2D eigenvalue weighted by Crippen LogP contribution is -2.37. The molecule has 0 radical (unpaired) electrons. The molecule has 1 aromatic carbocycles. The van der Waals surface area contributed by atoms with Crippen molar-refractivity contribution in [2.24, 2.45) is 5.41 Å². The van der Waals surface area contributed by atoms with Gasteiger partial charge in [0, 0.05) is 5.41 Å². The van der Waals surface area contributed by atoms with Gasteiger partial charge < -0.3 is 10.2 Å². The number of benzene rings is 1. The van der Waals surface area contributed by atoms with Gasteiger partial charge in [0.2, 0.25) is 0 Å². The molecule has 0 bridgehead atoms. The molecule has 1 fully saturated rings. The Morgan fingerprint density at radius 3 is 2.20 bits per heavy atom. The van der Waals surface area contributed by atoms with E-state index in [0.29, 0.717) is 12.8 Å². The number of rotatable bonds is 2. The lowest BCUT2D eigenvalue weighted by molar-refractivity contribution is -0.0102. The summed E-state index contributed by atoms with van der Waals surface area (Å²) < 4.78 is 0. The smallest absolute Gasteiger partial charge is 0.0622 e. The molecular formula is C13H18O2. The molecule has 0 spiro atoms. The predicted octanol–water partition coefficient (Wildman–Crippen LogP) is 1.75. The lowest BCUT2D eigenvalue weighted by atomic mass is 9.78. The van der Waals surface area contributed by atoms with Crippen LogP contribution in [0.15, 0.2) is 30.3 Å². The Balaban J connectivity index is 2.17. The molecule has 1 saturated carbocycles. The lowest BCUT2D eigenvalue weighted by Gasteiger charge is -2.31.